The normalized spacial score (nSPS) is 15.5. The Labute approximate surface area is 197 Å². The van der Waals surface area contributed by atoms with Crippen LogP contribution in [-0.4, -0.2) is 33.6 Å². The number of carbonyl (C=O) groups excluding carboxylic acids is 1. The minimum absolute atomic E-state index is 0.125. The quantitative estimate of drug-likeness (QED) is 0.267. The molecule has 2 aromatic carbocycles. The largest absolute Gasteiger partial charge is 0.487 e. The van der Waals surface area contributed by atoms with Gasteiger partial charge in [0, 0.05) is 34.6 Å². The summed E-state index contributed by atoms with van der Waals surface area (Å²) in [7, 11) is 0. The van der Waals surface area contributed by atoms with Crippen molar-refractivity contribution < 1.29 is 18.3 Å². The molecule has 1 aliphatic heterocycles. The second kappa shape index (κ2) is 9.41. The van der Waals surface area contributed by atoms with E-state index in [1.165, 1.54) is 30.5 Å². The van der Waals surface area contributed by atoms with Crippen LogP contribution in [0, 0.1) is 16.7 Å². The Morgan fingerprint density at radius 1 is 1.41 bits per heavy atom. The second-order valence-corrected chi connectivity index (χ2v) is 7.83. The first-order chi connectivity index (χ1) is 16.3. The third kappa shape index (κ3) is 4.94. The molecule has 2 heterocycles. The Morgan fingerprint density at radius 3 is 2.85 bits per heavy atom. The predicted molar refractivity (Wildman–Crippen MR) is 125 cm³/mol. The fraction of sp³-hybridized carbons (Fsp3) is 0.174. The fourth-order valence-corrected chi connectivity index (χ4v) is 3.84. The number of ether oxygens (including phenoxy) is 1. The van der Waals surface area contributed by atoms with Gasteiger partial charge in [0.25, 0.3) is 5.91 Å². The van der Waals surface area contributed by atoms with Crippen LogP contribution in [0.4, 0.5) is 14.5 Å². The molecule has 8 nitrogen and oxygen atoms in total. The molecule has 0 unspecified atom stereocenters. The molecule has 3 aromatic rings. The summed E-state index contributed by atoms with van der Waals surface area (Å²) in [6, 6.07) is 10.7. The number of alkyl halides is 3. The van der Waals surface area contributed by atoms with E-state index in [0.717, 1.165) is 11.9 Å². The van der Waals surface area contributed by atoms with Crippen molar-refractivity contribution in [2.24, 2.45) is 4.99 Å². The molecular weight excluding hydrogens is 466 g/mol. The molecule has 0 spiro atoms. The lowest BCUT2D eigenvalue weighted by Crippen LogP contribution is -2.16. The van der Waals surface area contributed by atoms with E-state index in [9.17, 15) is 18.8 Å². The number of hydrogen-bond acceptors (Lipinski definition) is 5. The highest BCUT2D eigenvalue weighted by Gasteiger charge is 2.27. The summed E-state index contributed by atoms with van der Waals surface area (Å²) in [6.07, 6.45) is 6.86. The van der Waals surface area contributed by atoms with Gasteiger partial charge in [0.1, 0.15) is 12.1 Å². The molecule has 0 saturated carbocycles. The number of hydrogen-bond donors (Lipinski definition) is 2. The standard InChI is InChI=1S/C23H17ClF2N6O2/c24-23(25,26)34-18-5-2-16(3-6-18)31-22(33)15-9-19-14(11-29-12-28)1-4-17(7-8-27)32-13-30-20(10-15)21(19)32/h1-3,5-6,9-13,17,28H,4,7H2,(H,31,33)/t17-/m1/s1. The summed E-state index contributed by atoms with van der Waals surface area (Å²) in [6.45, 7) is 0. The minimum atomic E-state index is -3.83. The Morgan fingerprint density at radius 2 is 2.18 bits per heavy atom. The van der Waals surface area contributed by atoms with Crippen LogP contribution in [0.5, 0.6) is 5.75 Å². The summed E-state index contributed by atoms with van der Waals surface area (Å²) >= 11 is 4.76. The third-order valence-electron chi connectivity index (χ3n) is 5.21. The number of carbonyl (C=O) groups is 1. The van der Waals surface area contributed by atoms with Gasteiger partial charge in [0.05, 0.1) is 35.9 Å². The van der Waals surface area contributed by atoms with Crippen LogP contribution in [0.1, 0.15) is 34.8 Å². The van der Waals surface area contributed by atoms with Gasteiger partial charge in [-0.05, 0) is 48.4 Å². The number of nitrogens with one attached hydrogen (secondary N) is 2. The molecule has 11 heteroatoms. The highest BCUT2D eigenvalue weighted by molar-refractivity contribution is 6.20. The first-order valence-corrected chi connectivity index (χ1v) is 10.4. The van der Waals surface area contributed by atoms with Crippen LogP contribution in [0.15, 0.2) is 53.8 Å². The summed E-state index contributed by atoms with van der Waals surface area (Å²) < 4.78 is 31.7. The molecule has 4 rings (SSSR count). The fourth-order valence-electron chi connectivity index (χ4n) is 3.76. The van der Waals surface area contributed by atoms with Gasteiger partial charge in [-0.15, -0.1) is 8.78 Å². The highest BCUT2D eigenvalue weighted by atomic mass is 35.5. The zero-order chi connectivity index (χ0) is 24.3. The smallest absolute Gasteiger partial charge is 0.420 e. The summed E-state index contributed by atoms with van der Waals surface area (Å²) in [5.41, 5.74) is -0.430. The Balaban J connectivity index is 1.68. The Bertz CT molecular complexity index is 1350. The number of nitrogens with zero attached hydrogens (tertiary/aromatic N) is 4. The van der Waals surface area contributed by atoms with Crippen LogP contribution in [0.2, 0.25) is 0 Å². The van der Waals surface area contributed by atoms with Gasteiger partial charge < -0.3 is 14.6 Å². The number of nitriles is 1. The molecule has 1 atom stereocenters. The maximum Gasteiger partial charge on any atom is 0.487 e. The van der Waals surface area contributed by atoms with E-state index >= 15 is 0 Å². The lowest BCUT2D eigenvalue weighted by molar-refractivity contribution is -0.0964. The number of anilines is 1. The van der Waals surface area contributed by atoms with Gasteiger partial charge in [-0.3, -0.25) is 10.2 Å². The van der Waals surface area contributed by atoms with E-state index < -0.39 is 11.5 Å². The van der Waals surface area contributed by atoms with E-state index in [4.69, 9.17) is 17.0 Å². The number of benzene rings is 2. The van der Waals surface area contributed by atoms with Crippen molar-refractivity contribution in [1.82, 2.24) is 9.55 Å². The average molecular weight is 483 g/mol. The molecule has 1 aliphatic rings. The molecule has 0 fully saturated rings. The SMILES string of the molecule is N#CC[C@H]1CC=C(C=NC=N)c2cc(C(=O)Nc3ccc(OC(F)(F)Cl)cc3)cc3ncn1c23. The number of aliphatic imine (C=N–C) groups is 1. The van der Waals surface area contributed by atoms with Crippen molar-refractivity contribution in [3.8, 4) is 11.8 Å². The van der Waals surface area contributed by atoms with Gasteiger partial charge in [-0.25, -0.2) is 9.98 Å². The number of rotatable bonds is 7. The van der Waals surface area contributed by atoms with E-state index in [-0.39, 0.29) is 18.2 Å². The molecule has 0 aliphatic carbocycles. The molecule has 2 N–H and O–H groups in total. The number of amides is 1. The van der Waals surface area contributed by atoms with Crippen LogP contribution in [0.25, 0.3) is 16.6 Å². The zero-order valence-electron chi connectivity index (χ0n) is 17.5. The Hall–Kier alpha value is -4.10. The molecule has 1 aromatic heterocycles. The van der Waals surface area contributed by atoms with E-state index in [0.29, 0.717) is 34.3 Å². The summed E-state index contributed by atoms with van der Waals surface area (Å²) in [4.78, 5) is 21.3. The van der Waals surface area contributed by atoms with Crippen molar-refractivity contribution >= 4 is 52.4 Å². The van der Waals surface area contributed by atoms with E-state index in [2.05, 4.69) is 26.1 Å². The number of aromatic nitrogens is 2. The van der Waals surface area contributed by atoms with Gasteiger partial charge in [0.15, 0.2) is 0 Å². The van der Waals surface area contributed by atoms with Crippen molar-refractivity contribution in [1.29, 1.82) is 10.7 Å². The number of halogens is 3. The Kier molecular flexibility index (Phi) is 6.38. The monoisotopic (exact) mass is 482 g/mol. The van der Waals surface area contributed by atoms with Crippen LogP contribution < -0.4 is 10.1 Å². The van der Waals surface area contributed by atoms with Crippen molar-refractivity contribution in [3.63, 3.8) is 0 Å². The zero-order valence-corrected chi connectivity index (χ0v) is 18.3. The van der Waals surface area contributed by atoms with Crippen LogP contribution in [-0.2, 0) is 0 Å². The van der Waals surface area contributed by atoms with E-state index in [1.54, 1.807) is 18.5 Å². The molecule has 1 amide bonds. The highest BCUT2D eigenvalue weighted by Crippen LogP contribution is 2.34. The average Bonchev–Trinajstić information content (AvgIpc) is 3.15. The molecule has 172 valence electrons. The maximum absolute atomic E-state index is 13.0. The van der Waals surface area contributed by atoms with E-state index in [1.807, 2.05) is 10.6 Å². The number of imidazole rings is 1. The lowest BCUT2D eigenvalue weighted by atomic mass is 10.0. The van der Waals surface area contributed by atoms with Gasteiger partial charge in [-0.2, -0.15) is 5.26 Å². The first kappa shape index (κ1) is 23.1. The summed E-state index contributed by atoms with van der Waals surface area (Å²) in [5, 5.41) is 19.1. The number of allylic oxidation sites excluding steroid dienone is 2. The summed E-state index contributed by atoms with van der Waals surface area (Å²) in [5.74, 6) is -0.594. The molecule has 34 heavy (non-hydrogen) atoms. The van der Waals surface area contributed by atoms with Gasteiger partial charge in [-0.1, -0.05) is 6.08 Å². The van der Waals surface area contributed by atoms with Crippen LogP contribution >= 0.6 is 11.6 Å². The lowest BCUT2D eigenvalue weighted by Gasteiger charge is -2.14. The minimum Gasteiger partial charge on any atom is -0.420 e. The topological polar surface area (TPSA) is 116 Å². The molecule has 0 saturated heterocycles. The molecule has 0 bridgehead atoms. The first-order valence-electron chi connectivity index (χ1n) is 10.1. The molecule has 0 radical (unpaired) electrons. The van der Waals surface area contributed by atoms with Crippen molar-refractivity contribution in [2.75, 3.05) is 5.32 Å². The van der Waals surface area contributed by atoms with Crippen molar-refractivity contribution in [3.05, 3.63) is 59.9 Å². The molecular formula is C23H17ClF2N6O2. The van der Waals surface area contributed by atoms with Crippen LogP contribution in [0.3, 0.4) is 0 Å². The van der Waals surface area contributed by atoms with Crippen molar-refractivity contribution in [2.45, 2.75) is 24.5 Å². The third-order valence-corrected chi connectivity index (χ3v) is 5.28. The van der Waals surface area contributed by atoms with Gasteiger partial charge in [0.2, 0.25) is 0 Å². The second-order valence-electron chi connectivity index (χ2n) is 7.39. The predicted octanol–water partition coefficient (Wildman–Crippen LogP) is 5.38. The van der Waals surface area contributed by atoms with Gasteiger partial charge >= 0.3 is 5.57 Å². The maximum atomic E-state index is 13.0.